The van der Waals surface area contributed by atoms with Gasteiger partial charge in [0, 0.05) is 18.6 Å². The van der Waals surface area contributed by atoms with Crippen LogP contribution in [0.3, 0.4) is 0 Å². The molecule has 1 fully saturated rings. The minimum Gasteiger partial charge on any atom is -0.494 e. The van der Waals surface area contributed by atoms with Gasteiger partial charge in [0.25, 0.3) is 0 Å². The lowest BCUT2D eigenvalue weighted by Gasteiger charge is -2.33. The van der Waals surface area contributed by atoms with Crippen molar-refractivity contribution in [3.63, 3.8) is 0 Å². The van der Waals surface area contributed by atoms with Crippen molar-refractivity contribution in [3.05, 3.63) is 24.0 Å². The molecule has 5 heteroatoms. The van der Waals surface area contributed by atoms with E-state index >= 15 is 0 Å². The maximum Gasteiger partial charge on any atom is 0.494 e. The fourth-order valence-electron chi connectivity index (χ4n) is 1.71. The van der Waals surface area contributed by atoms with Crippen LogP contribution in [-0.2, 0) is 9.31 Å². The third-order valence-corrected chi connectivity index (χ3v) is 2.70. The smallest absolute Gasteiger partial charge is 0.494 e. The van der Waals surface area contributed by atoms with Gasteiger partial charge in [-0.05, 0) is 17.6 Å². The second-order valence-electron chi connectivity index (χ2n) is 5.01. The van der Waals surface area contributed by atoms with Crippen LogP contribution in [0.25, 0.3) is 0 Å². The zero-order chi connectivity index (χ0) is 12.5. The maximum atomic E-state index is 13.5. The highest BCUT2D eigenvalue weighted by Crippen LogP contribution is 2.22. The van der Waals surface area contributed by atoms with Gasteiger partial charge in [-0.1, -0.05) is 19.9 Å². The molecule has 0 radical (unpaired) electrons. The molecule has 0 spiro atoms. The second-order valence-corrected chi connectivity index (χ2v) is 5.01. The van der Waals surface area contributed by atoms with Gasteiger partial charge < -0.3 is 14.0 Å². The molecule has 0 atom stereocenters. The number of rotatable bonds is 2. The van der Waals surface area contributed by atoms with Crippen LogP contribution in [0.4, 0.5) is 4.39 Å². The molecule has 1 aromatic carbocycles. The Labute approximate surface area is 101 Å². The largest absolute Gasteiger partial charge is 0.494 e. The van der Waals surface area contributed by atoms with E-state index in [0.717, 1.165) is 0 Å². The number of hydrogen-bond donors (Lipinski definition) is 0. The maximum absolute atomic E-state index is 13.5. The van der Waals surface area contributed by atoms with Gasteiger partial charge in [0.15, 0.2) is 11.6 Å². The van der Waals surface area contributed by atoms with E-state index in [-0.39, 0.29) is 11.2 Å². The van der Waals surface area contributed by atoms with Crippen LogP contribution in [0, 0.1) is 11.2 Å². The van der Waals surface area contributed by atoms with Gasteiger partial charge in [-0.3, -0.25) is 0 Å². The Balaban J connectivity index is 2.11. The molecule has 1 saturated heterocycles. The van der Waals surface area contributed by atoms with Crippen molar-refractivity contribution in [3.8, 4) is 5.75 Å². The zero-order valence-electron chi connectivity index (χ0n) is 10.3. The van der Waals surface area contributed by atoms with Crippen molar-refractivity contribution >= 4 is 12.6 Å². The van der Waals surface area contributed by atoms with E-state index in [1.807, 2.05) is 0 Å². The molecule has 1 aromatic rings. The number of methoxy groups -OCH3 is 1. The first-order chi connectivity index (χ1) is 8.02. The van der Waals surface area contributed by atoms with Gasteiger partial charge in [0.2, 0.25) is 0 Å². The van der Waals surface area contributed by atoms with Gasteiger partial charge in [0.1, 0.15) is 0 Å². The third kappa shape index (κ3) is 2.79. The summed E-state index contributed by atoms with van der Waals surface area (Å²) in [5.74, 6) is -0.174. The fraction of sp³-hybridized carbons (Fsp3) is 0.500. The Morgan fingerprint density at radius 3 is 2.47 bits per heavy atom. The SMILES string of the molecule is COc1ccc(B2OCC(C)(C)CO2)cc1F. The van der Waals surface area contributed by atoms with Crippen LogP contribution in [0.1, 0.15) is 13.8 Å². The molecule has 17 heavy (non-hydrogen) atoms. The molecule has 0 aliphatic carbocycles. The third-order valence-electron chi connectivity index (χ3n) is 2.70. The molecule has 0 N–H and O–H groups in total. The van der Waals surface area contributed by atoms with Gasteiger partial charge in [0.05, 0.1) is 7.11 Å². The first kappa shape index (κ1) is 12.4. The first-order valence-corrected chi connectivity index (χ1v) is 5.58. The Morgan fingerprint density at radius 1 is 1.29 bits per heavy atom. The van der Waals surface area contributed by atoms with Crippen molar-refractivity contribution in [1.82, 2.24) is 0 Å². The Morgan fingerprint density at radius 2 is 1.94 bits per heavy atom. The number of halogens is 1. The molecule has 92 valence electrons. The summed E-state index contributed by atoms with van der Waals surface area (Å²) < 4.78 is 29.5. The van der Waals surface area contributed by atoms with E-state index in [4.69, 9.17) is 14.0 Å². The molecule has 1 aliphatic rings. The van der Waals surface area contributed by atoms with Crippen molar-refractivity contribution in [2.45, 2.75) is 13.8 Å². The molecule has 0 bridgehead atoms. The normalized spacial score (nSPS) is 19.2. The lowest BCUT2D eigenvalue weighted by molar-refractivity contribution is 0.0343. The predicted molar refractivity (Wildman–Crippen MR) is 64.0 cm³/mol. The summed E-state index contributed by atoms with van der Waals surface area (Å²) in [7, 11) is 0.956. The number of ether oxygens (including phenoxy) is 1. The van der Waals surface area contributed by atoms with E-state index in [0.29, 0.717) is 18.7 Å². The molecule has 0 unspecified atom stereocenters. The van der Waals surface area contributed by atoms with Crippen LogP contribution < -0.4 is 10.2 Å². The minimum atomic E-state index is -0.483. The van der Waals surface area contributed by atoms with E-state index in [2.05, 4.69) is 13.8 Å². The molecule has 0 saturated carbocycles. The van der Waals surface area contributed by atoms with Crippen LogP contribution in [0.15, 0.2) is 18.2 Å². The summed E-state index contributed by atoms with van der Waals surface area (Å²) in [6.45, 7) is 5.34. The quantitative estimate of drug-likeness (QED) is 0.732. The average Bonchev–Trinajstić information content (AvgIpc) is 2.29. The summed E-state index contributed by atoms with van der Waals surface area (Å²) in [5, 5.41) is 0. The zero-order valence-corrected chi connectivity index (χ0v) is 10.3. The van der Waals surface area contributed by atoms with E-state index < -0.39 is 12.9 Å². The van der Waals surface area contributed by atoms with Gasteiger partial charge in [-0.2, -0.15) is 0 Å². The summed E-state index contributed by atoms with van der Waals surface area (Å²) in [6.07, 6.45) is 0. The number of hydrogen-bond acceptors (Lipinski definition) is 3. The van der Waals surface area contributed by atoms with Gasteiger partial charge in [-0.25, -0.2) is 4.39 Å². The average molecular weight is 238 g/mol. The van der Waals surface area contributed by atoms with Crippen LogP contribution >= 0.6 is 0 Å². The number of benzene rings is 1. The molecular formula is C12H16BFO3. The summed E-state index contributed by atoms with van der Waals surface area (Å²) >= 11 is 0. The van der Waals surface area contributed by atoms with Crippen molar-refractivity contribution in [2.24, 2.45) is 5.41 Å². The lowest BCUT2D eigenvalue weighted by atomic mass is 9.76. The standard InChI is InChI=1S/C12H16BFO3/c1-12(2)7-16-13(17-8-12)9-4-5-11(15-3)10(14)6-9/h4-6H,7-8H2,1-3H3. The van der Waals surface area contributed by atoms with Crippen LogP contribution in [0.2, 0.25) is 0 Å². The highest BCUT2D eigenvalue weighted by Gasteiger charge is 2.33. The first-order valence-electron chi connectivity index (χ1n) is 5.58. The van der Waals surface area contributed by atoms with Crippen LogP contribution in [0.5, 0.6) is 5.75 Å². The topological polar surface area (TPSA) is 27.7 Å². The molecule has 0 amide bonds. The molecule has 3 nitrogen and oxygen atoms in total. The minimum absolute atomic E-state index is 0.0154. The van der Waals surface area contributed by atoms with Crippen molar-refractivity contribution in [1.29, 1.82) is 0 Å². The monoisotopic (exact) mass is 238 g/mol. The summed E-state index contributed by atoms with van der Waals surface area (Å²) in [6, 6.07) is 4.73. The highest BCUT2D eigenvalue weighted by atomic mass is 19.1. The summed E-state index contributed by atoms with van der Waals surface area (Å²) in [5.41, 5.74) is 0.695. The molecule has 2 rings (SSSR count). The van der Waals surface area contributed by atoms with E-state index in [1.165, 1.54) is 13.2 Å². The van der Waals surface area contributed by atoms with Crippen molar-refractivity contribution < 1.29 is 18.4 Å². The van der Waals surface area contributed by atoms with E-state index in [9.17, 15) is 4.39 Å². The molecule has 0 aromatic heterocycles. The molecule has 1 aliphatic heterocycles. The van der Waals surface area contributed by atoms with Gasteiger partial charge in [-0.15, -0.1) is 0 Å². The second kappa shape index (κ2) is 4.66. The molecular weight excluding hydrogens is 222 g/mol. The Kier molecular flexibility index (Phi) is 3.40. The highest BCUT2D eigenvalue weighted by molar-refractivity contribution is 6.61. The van der Waals surface area contributed by atoms with E-state index in [1.54, 1.807) is 12.1 Å². The van der Waals surface area contributed by atoms with Gasteiger partial charge >= 0.3 is 7.12 Å². The Hall–Kier alpha value is -1.07. The Bertz CT molecular complexity index is 399. The molecule has 1 heterocycles. The van der Waals surface area contributed by atoms with Crippen molar-refractivity contribution in [2.75, 3.05) is 20.3 Å². The van der Waals surface area contributed by atoms with Crippen LogP contribution in [-0.4, -0.2) is 27.4 Å². The lowest BCUT2D eigenvalue weighted by Crippen LogP contribution is -2.47. The summed E-state index contributed by atoms with van der Waals surface area (Å²) in [4.78, 5) is 0. The predicted octanol–water partition coefficient (Wildman–Crippen LogP) is 1.60. The fourth-order valence-corrected chi connectivity index (χ4v) is 1.71.